The molecule has 0 aromatic carbocycles. The number of allylic oxidation sites excluding steroid dienone is 1. The third-order valence-corrected chi connectivity index (χ3v) is 5.05. The van der Waals surface area contributed by atoms with Crippen molar-refractivity contribution in [3.63, 3.8) is 0 Å². The number of nitrogens with zero attached hydrogens (tertiary/aromatic N) is 3. The molecule has 1 aliphatic carbocycles. The van der Waals surface area contributed by atoms with Crippen molar-refractivity contribution < 1.29 is 4.79 Å². The average Bonchev–Trinajstić information content (AvgIpc) is 3.10. The second-order valence-corrected chi connectivity index (χ2v) is 6.79. The summed E-state index contributed by atoms with van der Waals surface area (Å²) < 4.78 is 0. The van der Waals surface area contributed by atoms with Crippen molar-refractivity contribution in [2.45, 2.75) is 18.9 Å². The van der Waals surface area contributed by atoms with Gasteiger partial charge in [0.2, 0.25) is 5.91 Å². The maximum Gasteiger partial charge on any atom is 0.235 e. The zero-order valence-corrected chi connectivity index (χ0v) is 10.9. The number of hydrogen-bond acceptors (Lipinski definition) is 4. The fourth-order valence-electron chi connectivity index (χ4n) is 2.27. The van der Waals surface area contributed by atoms with E-state index in [1.165, 1.54) is 18.5 Å². The number of nitriles is 1. The van der Waals surface area contributed by atoms with Crippen LogP contribution in [0, 0.1) is 17.2 Å². The highest BCUT2D eigenvalue weighted by Gasteiger charge is 2.29. The first-order valence-electron chi connectivity index (χ1n) is 6.17. The van der Waals surface area contributed by atoms with E-state index in [9.17, 15) is 4.79 Å². The fraction of sp³-hybridized carbons (Fsp3) is 0.583. The number of piperazine rings is 1. The van der Waals surface area contributed by atoms with Crippen LogP contribution in [0.2, 0.25) is 0 Å². The lowest BCUT2D eigenvalue weighted by atomic mass is 10.2. The molecule has 6 heteroatoms. The molecule has 1 N–H and O–H groups in total. The summed E-state index contributed by atoms with van der Waals surface area (Å²) in [6.07, 6.45) is 2.55. The Morgan fingerprint density at radius 1 is 1.61 bits per heavy atom. The van der Waals surface area contributed by atoms with Gasteiger partial charge in [-0.3, -0.25) is 14.7 Å². The molecule has 2 atom stereocenters. The molecule has 1 saturated carbocycles. The monoisotopic (exact) mass is 264 g/mol. The van der Waals surface area contributed by atoms with Gasteiger partial charge in [0, 0.05) is 29.6 Å². The van der Waals surface area contributed by atoms with E-state index in [0.717, 1.165) is 5.88 Å². The van der Waals surface area contributed by atoms with E-state index < -0.39 is 0 Å². The molecule has 3 aliphatic rings. The molecule has 2 aliphatic heterocycles. The molecule has 2 fully saturated rings. The van der Waals surface area contributed by atoms with E-state index in [-0.39, 0.29) is 22.8 Å². The summed E-state index contributed by atoms with van der Waals surface area (Å²) in [6, 6.07) is 1.74. The van der Waals surface area contributed by atoms with E-state index in [2.05, 4.69) is 26.7 Å². The highest BCUT2D eigenvalue weighted by molar-refractivity contribution is 8.31. The van der Waals surface area contributed by atoms with Gasteiger partial charge in [0.15, 0.2) is 0 Å². The number of hydrogen-bond donors (Lipinski definition) is 2. The van der Waals surface area contributed by atoms with Crippen LogP contribution in [0.15, 0.2) is 16.1 Å². The Morgan fingerprint density at radius 3 is 3.17 bits per heavy atom. The second kappa shape index (κ2) is 4.75. The van der Waals surface area contributed by atoms with Crippen molar-refractivity contribution in [1.82, 2.24) is 10.2 Å². The van der Waals surface area contributed by atoms with E-state index in [1.807, 2.05) is 5.55 Å². The topological polar surface area (TPSA) is 68.5 Å². The molecular formula is C12H16N4OS. The van der Waals surface area contributed by atoms with Crippen molar-refractivity contribution in [2.75, 3.05) is 19.0 Å². The third-order valence-electron chi connectivity index (χ3n) is 3.31. The van der Waals surface area contributed by atoms with E-state index >= 15 is 0 Å². The average molecular weight is 264 g/mol. The van der Waals surface area contributed by atoms with Crippen molar-refractivity contribution in [3.8, 4) is 6.07 Å². The van der Waals surface area contributed by atoms with Gasteiger partial charge in [-0.15, -0.1) is 0 Å². The summed E-state index contributed by atoms with van der Waals surface area (Å²) in [4.78, 5) is 18.0. The lowest BCUT2D eigenvalue weighted by Gasteiger charge is -2.31. The third kappa shape index (κ3) is 2.57. The zero-order chi connectivity index (χ0) is 12.5. The number of thiol groups is 1. The maximum absolute atomic E-state index is 11.5. The molecule has 0 aromatic heterocycles. The largest absolute Gasteiger partial charge is 0.338 e. The van der Waals surface area contributed by atoms with Crippen LogP contribution >= 0.6 is 10.9 Å². The summed E-state index contributed by atoms with van der Waals surface area (Å²) in [5.74, 6) is 1.50. The van der Waals surface area contributed by atoms with Crippen LogP contribution in [0.25, 0.3) is 0 Å². The van der Waals surface area contributed by atoms with Crippen LogP contribution in [0.5, 0.6) is 0 Å². The van der Waals surface area contributed by atoms with Crippen molar-refractivity contribution in [3.05, 3.63) is 11.1 Å². The fourth-order valence-corrected chi connectivity index (χ4v) is 4.07. The van der Waals surface area contributed by atoms with Gasteiger partial charge < -0.3 is 5.32 Å². The van der Waals surface area contributed by atoms with Crippen LogP contribution in [-0.4, -0.2) is 41.4 Å². The number of carbonyl (C=O) groups excluding carboxylic acids is 1. The lowest BCUT2D eigenvalue weighted by Crippen LogP contribution is -2.53. The zero-order valence-electron chi connectivity index (χ0n) is 10.0. The van der Waals surface area contributed by atoms with Gasteiger partial charge in [-0.05, 0) is 18.2 Å². The van der Waals surface area contributed by atoms with Gasteiger partial charge in [0.25, 0.3) is 0 Å². The quantitative estimate of drug-likeness (QED) is 0.732. The smallest absolute Gasteiger partial charge is 0.235 e. The lowest BCUT2D eigenvalue weighted by molar-refractivity contribution is -0.124. The Kier molecular flexibility index (Phi) is 3.10. The highest BCUT2D eigenvalue weighted by atomic mass is 32.2. The Morgan fingerprint density at radius 2 is 2.44 bits per heavy atom. The van der Waals surface area contributed by atoms with E-state index in [0.29, 0.717) is 19.0 Å². The minimum absolute atomic E-state index is 0.0506. The van der Waals surface area contributed by atoms with Crippen LogP contribution in [0.3, 0.4) is 0 Å². The first-order valence-corrected chi connectivity index (χ1v) is 7.84. The Hall–Kier alpha value is -1.32. The number of aliphatic imine (C=N–C) groups is 1. The summed E-state index contributed by atoms with van der Waals surface area (Å²) in [5.41, 5.74) is 3.29. The molecule has 0 radical (unpaired) electrons. The normalized spacial score (nSPS) is 33.9. The van der Waals surface area contributed by atoms with Crippen molar-refractivity contribution in [2.24, 2.45) is 10.9 Å². The van der Waals surface area contributed by atoms with Gasteiger partial charge >= 0.3 is 0 Å². The van der Waals surface area contributed by atoms with Crippen molar-refractivity contribution >= 4 is 22.3 Å². The molecule has 18 heavy (non-hydrogen) atoms. The first-order chi connectivity index (χ1) is 8.74. The number of amides is 1. The number of rotatable bonds is 3. The molecule has 96 valence electrons. The van der Waals surface area contributed by atoms with Gasteiger partial charge in [-0.1, -0.05) is 0 Å². The van der Waals surface area contributed by atoms with Gasteiger partial charge in [-0.2, -0.15) is 16.2 Å². The summed E-state index contributed by atoms with van der Waals surface area (Å²) >= 11 is 0. The summed E-state index contributed by atoms with van der Waals surface area (Å²) in [5, 5.41) is 13.8. The summed E-state index contributed by atoms with van der Waals surface area (Å²) in [6.45, 7) is 1.03. The van der Waals surface area contributed by atoms with Crippen molar-refractivity contribution in [1.29, 1.82) is 5.26 Å². The maximum atomic E-state index is 11.5. The standard InChI is InChI=1S/C12H16N4OS/c13-3-10-4-16(5-12(17)15-10)8-18-6-11(14-7-18)9-1-2-9/h6-7,9-10,18H,1-2,4-5,8H2,(H,15,17). The molecule has 1 saturated heterocycles. The SMILES string of the molecule is N#CC1CN(C[SH]2C=NC(C3CC3)=C2)CC(=O)N1. The molecule has 3 rings (SSSR count). The molecule has 1 amide bonds. The molecule has 0 bridgehead atoms. The van der Waals surface area contributed by atoms with E-state index in [1.54, 1.807) is 0 Å². The molecule has 2 unspecified atom stereocenters. The van der Waals surface area contributed by atoms with Crippen LogP contribution in [0.4, 0.5) is 0 Å². The van der Waals surface area contributed by atoms with Crippen LogP contribution in [0.1, 0.15) is 12.8 Å². The minimum atomic E-state index is -0.368. The minimum Gasteiger partial charge on any atom is -0.338 e. The first kappa shape index (κ1) is 11.8. The Labute approximate surface area is 109 Å². The van der Waals surface area contributed by atoms with Gasteiger partial charge in [0.1, 0.15) is 6.04 Å². The highest BCUT2D eigenvalue weighted by Crippen LogP contribution is 2.44. The van der Waals surface area contributed by atoms with Crippen LogP contribution < -0.4 is 5.32 Å². The Balaban J connectivity index is 1.58. The molecule has 5 nitrogen and oxygen atoms in total. The van der Waals surface area contributed by atoms with E-state index in [4.69, 9.17) is 5.26 Å². The molecule has 2 heterocycles. The number of nitrogens with one attached hydrogen (secondary N) is 1. The van der Waals surface area contributed by atoms with Gasteiger partial charge in [0.05, 0.1) is 12.6 Å². The predicted molar refractivity (Wildman–Crippen MR) is 72.3 cm³/mol. The van der Waals surface area contributed by atoms with Gasteiger partial charge in [-0.25, -0.2) is 0 Å². The van der Waals surface area contributed by atoms with Crippen LogP contribution in [-0.2, 0) is 4.79 Å². The molecular weight excluding hydrogens is 248 g/mol. The molecule has 0 aromatic rings. The predicted octanol–water partition coefficient (Wildman–Crippen LogP) is 0.562. The second-order valence-electron chi connectivity index (χ2n) is 4.99. The summed E-state index contributed by atoms with van der Waals surface area (Å²) in [7, 11) is -0.360. The Bertz CT molecular complexity index is 463. The molecule has 0 spiro atoms. The number of carbonyl (C=O) groups is 1.